The first kappa shape index (κ1) is 11.3. The van der Waals surface area contributed by atoms with Crippen LogP contribution in [-0.2, 0) is 0 Å². The van der Waals surface area contributed by atoms with Gasteiger partial charge in [0.1, 0.15) is 0 Å². The van der Waals surface area contributed by atoms with E-state index in [1.54, 1.807) is 0 Å². The first-order valence-electron chi connectivity index (χ1n) is 3.97. The molecule has 0 aliphatic rings. The fourth-order valence-electron chi connectivity index (χ4n) is 0.890. The van der Waals surface area contributed by atoms with Crippen LogP contribution in [-0.4, -0.2) is 36.3 Å². The molecule has 2 nitrogen and oxygen atoms in total. The molecule has 11 heavy (non-hydrogen) atoms. The van der Waals surface area contributed by atoms with Gasteiger partial charge in [0.15, 0.2) is 0 Å². The topological polar surface area (TPSA) is 32.3 Å². The monoisotopic (exact) mass is 177 g/mol. The van der Waals surface area contributed by atoms with Gasteiger partial charge in [-0.25, -0.2) is 0 Å². The Morgan fingerprint density at radius 1 is 1.55 bits per heavy atom. The molecular weight excluding hydrogens is 158 g/mol. The molecule has 0 aromatic heterocycles. The molecule has 2 N–H and O–H groups in total. The number of aliphatic hydroxyl groups excluding tert-OH is 1. The molecule has 0 aromatic rings. The number of hydrogen-bond acceptors (Lipinski definition) is 3. The highest BCUT2D eigenvalue weighted by Gasteiger charge is 2.19. The predicted molar refractivity (Wildman–Crippen MR) is 52.2 cm³/mol. The molecule has 0 spiro atoms. The molecule has 0 rings (SSSR count). The molecule has 3 heteroatoms. The Labute approximate surface area is 73.8 Å². The van der Waals surface area contributed by atoms with Crippen LogP contribution in [0.1, 0.15) is 19.8 Å². The van der Waals surface area contributed by atoms with Crippen molar-refractivity contribution >= 4 is 11.8 Å². The van der Waals surface area contributed by atoms with E-state index in [-0.39, 0.29) is 12.1 Å². The van der Waals surface area contributed by atoms with Gasteiger partial charge in [-0.1, -0.05) is 0 Å². The van der Waals surface area contributed by atoms with Crippen molar-refractivity contribution in [2.45, 2.75) is 25.3 Å². The highest BCUT2D eigenvalue weighted by Crippen LogP contribution is 2.12. The molecule has 0 heterocycles. The molecule has 1 atom stereocenters. The molecule has 0 aliphatic carbocycles. The summed E-state index contributed by atoms with van der Waals surface area (Å²) in [6, 6.07) is 0. The highest BCUT2D eigenvalue weighted by atomic mass is 32.2. The van der Waals surface area contributed by atoms with E-state index in [0.717, 1.165) is 6.42 Å². The lowest BCUT2D eigenvalue weighted by Gasteiger charge is -2.26. The molecule has 0 saturated carbocycles. The lowest BCUT2D eigenvalue weighted by atomic mass is 9.98. The molecule has 68 valence electrons. The molecule has 0 aromatic carbocycles. The zero-order chi connectivity index (χ0) is 8.74. The van der Waals surface area contributed by atoms with Crippen LogP contribution in [0.3, 0.4) is 0 Å². The van der Waals surface area contributed by atoms with Crippen molar-refractivity contribution in [3.05, 3.63) is 0 Å². The maximum Gasteiger partial charge on any atom is 0.0610 e. The number of likely N-dealkylation sites (N-methyl/N-ethyl adjacent to an activating group) is 1. The third-order valence-electron chi connectivity index (χ3n) is 2.03. The second kappa shape index (κ2) is 5.86. The summed E-state index contributed by atoms with van der Waals surface area (Å²) in [5, 5.41) is 12.1. The van der Waals surface area contributed by atoms with Gasteiger partial charge in [0.2, 0.25) is 0 Å². The number of aliphatic hydroxyl groups is 1. The Morgan fingerprint density at radius 3 is 2.55 bits per heavy atom. The summed E-state index contributed by atoms with van der Waals surface area (Å²) >= 11 is 1.85. The van der Waals surface area contributed by atoms with E-state index in [0.29, 0.717) is 0 Å². The van der Waals surface area contributed by atoms with Crippen LogP contribution < -0.4 is 5.32 Å². The van der Waals surface area contributed by atoms with Crippen molar-refractivity contribution in [1.82, 2.24) is 5.32 Å². The average molecular weight is 177 g/mol. The molecule has 0 saturated heterocycles. The van der Waals surface area contributed by atoms with Gasteiger partial charge in [-0.05, 0) is 38.8 Å². The van der Waals surface area contributed by atoms with Crippen LogP contribution in [0, 0.1) is 0 Å². The number of hydrogen-bond donors (Lipinski definition) is 2. The molecule has 0 aliphatic heterocycles. The van der Waals surface area contributed by atoms with E-state index in [1.807, 2.05) is 25.7 Å². The van der Waals surface area contributed by atoms with E-state index in [1.165, 1.54) is 12.2 Å². The summed E-state index contributed by atoms with van der Waals surface area (Å²) in [6.07, 6.45) is 4.32. The summed E-state index contributed by atoms with van der Waals surface area (Å²) in [7, 11) is 1.90. The predicted octanol–water partition coefficient (Wildman–Crippen LogP) is 1.10. The van der Waals surface area contributed by atoms with Crippen molar-refractivity contribution in [1.29, 1.82) is 0 Å². The van der Waals surface area contributed by atoms with Crippen LogP contribution >= 0.6 is 11.8 Å². The fourth-order valence-corrected chi connectivity index (χ4v) is 1.32. The first-order chi connectivity index (χ1) is 5.18. The Hall–Kier alpha value is 0.270. The second-order valence-electron chi connectivity index (χ2n) is 3.07. The van der Waals surface area contributed by atoms with E-state index >= 15 is 0 Å². The van der Waals surface area contributed by atoms with Crippen molar-refractivity contribution in [3.63, 3.8) is 0 Å². The van der Waals surface area contributed by atoms with Crippen molar-refractivity contribution in [2.24, 2.45) is 0 Å². The Balaban J connectivity index is 3.51. The average Bonchev–Trinajstić information content (AvgIpc) is 2.05. The van der Waals surface area contributed by atoms with E-state index in [9.17, 15) is 0 Å². The van der Waals surface area contributed by atoms with Crippen LogP contribution in [0.5, 0.6) is 0 Å². The first-order valence-corrected chi connectivity index (χ1v) is 5.36. The van der Waals surface area contributed by atoms with Crippen molar-refractivity contribution in [3.8, 4) is 0 Å². The molecule has 1 unspecified atom stereocenters. The maximum absolute atomic E-state index is 9.02. The van der Waals surface area contributed by atoms with Crippen LogP contribution in [0.25, 0.3) is 0 Å². The SMILES string of the molecule is CNC(C)(CO)CCCSC. The number of rotatable bonds is 6. The number of thioether (sulfide) groups is 1. The van der Waals surface area contributed by atoms with Crippen molar-refractivity contribution in [2.75, 3.05) is 25.7 Å². The molecular formula is C8H19NOS. The van der Waals surface area contributed by atoms with E-state index in [2.05, 4.69) is 11.6 Å². The van der Waals surface area contributed by atoms with Crippen LogP contribution in [0.2, 0.25) is 0 Å². The summed E-state index contributed by atoms with van der Waals surface area (Å²) in [4.78, 5) is 0. The normalized spacial score (nSPS) is 16.4. The van der Waals surface area contributed by atoms with Crippen LogP contribution in [0.4, 0.5) is 0 Å². The molecule has 0 bridgehead atoms. The smallest absolute Gasteiger partial charge is 0.0610 e. The largest absolute Gasteiger partial charge is 0.394 e. The summed E-state index contributed by atoms with van der Waals surface area (Å²) in [6.45, 7) is 2.27. The minimum absolute atomic E-state index is 0.0737. The summed E-state index contributed by atoms with van der Waals surface area (Å²) in [5.41, 5.74) is -0.0737. The van der Waals surface area contributed by atoms with Gasteiger partial charge in [0.05, 0.1) is 6.61 Å². The van der Waals surface area contributed by atoms with Crippen LogP contribution in [0.15, 0.2) is 0 Å². The number of nitrogens with one attached hydrogen (secondary N) is 1. The van der Waals surface area contributed by atoms with Gasteiger partial charge in [-0.3, -0.25) is 0 Å². The Kier molecular flexibility index (Phi) is 6.01. The third kappa shape index (κ3) is 4.67. The molecule has 0 fully saturated rings. The lowest BCUT2D eigenvalue weighted by molar-refractivity contribution is 0.173. The van der Waals surface area contributed by atoms with Gasteiger partial charge < -0.3 is 10.4 Å². The summed E-state index contributed by atoms with van der Waals surface area (Å²) in [5.74, 6) is 1.18. The molecule has 0 amide bonds. The van der Waals surface area contributed by atoms with Gasteiger partial charge in [0, 0.05) is 5.54 Å². The zero-order valence-corrected chi connectivity index (χ0v) is 8.50. The highest BCUT2D eigenvalue weighted by molar-refractivity contribution is 7.98. The zero-order valence-electron chi connectivity index (χ0n) is 7.68. The van der Waals surface area contributed by atoms with Crippen molar-refractivity contribution < 1.29 is 5.11 Å². The Bertz CT molecular complexity index is 94.1. The van der Waals surface area contributed by atoms with Gasteiger partial charge in [-0.15, -0.1) is 0 Å². The quantitative estimate of drug-likeness (QED) is 0.596. The summed E-state index contributed by atoms with van der Waals surface area (Å²) < 4.78 is 0. The second-order valence-corrected chi connectivity index (χ2v) is 4.05. The fraction of sp³-hybridized carbons (Fsp3) is 1.00. The van der Waals surface area contributed by atoms with Gasteiger partial charge >= 0.3 is 0 Å². The third-order valence-corrected chi connectivity index (χ3v) is 2.73. The maximum atomic E-state index is 9.02. The lowest BCUT2D eigenvalue weighted by Crippen LogP contribution is -2.43. The molecule has 0 radical (unpaired) electrons. The standard InChI is InChI=1S/C8H19NOS/c1-8(7-10,9-2)5-4-6-11-3/h9-10H,4-7H2,1-3H3. The van der Waals surface area contributed by atoms with Gasteiger partial charge in [-0.2, -0.15) is 11.8 Å². The van der Waals surface area contributed by atoms with E-state index < -0.39 is 0 Å². The Morgan fingerprint density at radius 2 is 2.18 bits per heavy atom. The van der Waals surface area contributed by atoms with Gasteiger partial charge in [0.25, 0.3) is 0 Å². The van der Waals surface area contributed by atoms with E-state index in [4.69, 9.17) is 5.11 Å². The minimum atomic E-state index is -0.0737. The minimum Gasteiger partial charge on any atom is -0.394 e.